The van der Waals surface area contributed by atoms with Gasteiger partial charge in [-0.25, -0.2) is 0 Å². The maximum atomic E-state index is 9.96. The van der Waals surface area contributed by atoms with Crippen molar-refractivity contribution < 1.29 is 4.79 Å². The van der Waals surface area contributed by atoms with Gasteiger partial charge in [-0.05, 0) is 6.92 Å². The van der Waals surface area contributed by atoms with Crippen LogP contribution in [0, 0.1) is 0 Å². The lowest BCUT2D eigenvalue weighted by Crippen LogP contribution is -2.19. The molecule has 0 bridgehead atoms. The molecule has 3 heteroatoms. The number of carbonyl (C=O) groups is 1. The van der Waals surface area contributed by atoms with E-state index in [4.69, 9.17) is 11.5 Å². The average molecular weight is 100 g/mol. The fourth-order valence-corrected chi connectivity index (χ4v) is 0.142. The van der Waals surface area contributed by atoms with Crippen molar-refractivity contribution in [1.29, 1.82) is 0 Å². The molecule has 0 heterocycles. The highest BCUT2D eigenvalue weighted by atomic mass is 16.1. The molecule has 0 radical (unpaired) electrons. The number of hydrogen-bond acceptors (Lipinski definition) is 2. The molecular weight excluding hydrogens is 92.1 g/mol. The van der Waals surface area contributed by atoms with Crippen molar-refractivity contribution in [2.75, 3.05) is 0 Å². The van der Waals surface area contributed by atoms with Crippen molar-refractivity contribution in [2.45, 2.75) is 6.92 Å². The second kappa shape index (κ2) is 2.23. The number of amides is 1. The highest BCUT2D eigenvalue weighted by Gasteiger charge is 1.91. The van der Waals surface area contributed by atoms with Crippen molar-refractivity contribution in [1.82, 2.24) is 0 Å². The first kappa shape index (κ1) is 6.01. The fourth-order valence-electron chi connectivity index (χ4n) is 0.142. The quantitative estimate of drug-likeness (QED) is 0.429. The summed E-state index contributed by atoms with van der Waals surface area (Å²) in [6.07, 6.45) is 1.46. The minimum absolute atomic E-state index is 0.111. The van der Waals surface area contributed by atoms with E-state index >= 15 is 0 Å². The predicted octanol–water partition coefficient (Wildman–Crippen LogP) is -0.666. The lowest BCUT2D eigenvalue weighted by Gasteiger charge is -1.86. The van der Waals surface area contributed by atoms with Crippen LogP contribution in [-0.2, 0) is 4.79 Å². The van der Waals surface area contributed by atoms with Crippen LogP contribution in [0.15, 0.2) is 11.8 Å². The maximum Gasteiger partial charge on any atom is 0.264 e. The normalized spacial score (nSPS) is 11.3. The molecular formula is C4H8N2O. The smallest absolute Gasteiger partial charge is 0.264 e. The fraction of sp³-hybridized carbons (Fsp3) is 0.250. The predicted molar refractivity (Wildman–Crippen MR) is 27.1 cm³/mol. The van der Waals surface area contributed by atoms with Gasteiger partial charge in [0.25, 0.3) is 5.91 Å². The topological polar surface area (TPSA) is 69.1 Å². The standard InChI is InChI=1S/C4H8N2O/c1-2-3(5)4(6)7/h2H,5H2,1H3,(H2,6,7). The van der Waals surface area contributed by atoms with Gasteiger partial charge in [0, 0.05) is 0 Å². The molecule has 0 fully saturated rings. The first-order valence-corrected chi connectivity index (χ1v) is 1.90. The van der Waals surface area contributed by atoms with Crippen LogP contribution in [0.4, 0.5) is 0 Å². The number of allylic oxidation sites excluding steroid dienone is 1. The zero-order chi connectivity index (χ0) is 5.86. The van der Waals surface area contributed by atoms with Crippen molar-refractivity contribution in [3.05, 3.63) is 11.8 Å². The van der Waals surface area contributed by atoms with Crippen LogP contribution in [-0.4, -0.2) is 5.91 Å². The van der Waals surface area contributed by atoms with Gasteiger partial charge in [-0.3, -0.25) is 4.79 Å². The van der Waals surface area contributed by atoms with Crippen LogP contribution in [0.25, 0.3) is 0 Å². The Morgan fingerprint density at radius 2 is 2.00 bits per heavy atom. The zero-order valence-electron chi connectivity index (χ0n) is 4.14. The van der Waals surface area contributed by atoms with E-state index in [9.17, 15) is 4.79 Å². The van der Waals surface area contributed by atoms with Gasteiger partial charge in [-0.15, -0.1) is 0 Å². The summed E-state index contributed by atoms with van der Waals surface area (Å²) in [5.41, 5.74) is 9.83. The summed E-state index contributed by atoms with van der Waals surface area (Å²) < 4.78 is 0. The lowest BCUT2D eigenvalue weighted by atomic mass is 10.4. The van der Waals surface area contributed by atoms with Gasteiger partial charge >= 0.3 is 0 Å². The first-order valence-electron chi connectivity index (χ1n) is 1.90. The molecule has 40 valence electrons. The van der Waals surface area contributed by atoms with Crippen LogP contribution >= 0.6 is 0 Å². The SMILES string of the molecule is CC=C(N)C(N)=O. The second-order valence-corrected chi connectivity index (χ2v) is 1.11. The van der Waals surface area contributed by atoms with E-state index in [2.05, 4.69) is 0 Å². The van der Waals surface area contributed by atoms with Gasteiger partial charge < -0.3 is 11.5 Å². The highest BCUT2D eigenvalue weighted by molar-refractivity contribution is 5.90. The summed E-state index contributed by atoms with van der Waals surface area (Å²) in [6, 6.07) is 0. The number of nitrogens with two attached hydrogens (primary N) is 2. The number of hydrogen-bond donors (Lipinski definition) is 2. The summed E-state index contributed by atoms with van der Waals surface area (Å²) in [5, 5.41) is 0. The Morgan fingerprint density at radius 1 is 1.57 bits per heavy atom. The van der Waals surface area contributed by atoms with E-state index in [1.807, 2.05) is 0 Å². The Labute approximate surface area is 42.0 Å². The molecule has 0 aromatic heterocycles. The van der Waals surface area contributed by atoms with Crippen LogP contribution in [0.1, 0.15) is 6.92 Å². The van der Waals surface area contributed by atoms with Crippen LogP contribution < -0.4 is 11.5 Å². The molecule has 0 spiro atoms. The van der Waals surface area contributed by atoms with Gasteiger partial charge in [0.15, 0.2) is 0 Å². The zero-order valence-corrected chi connectivity index (χ0v) is 4.14. The minimum Gasteiger partial charge on any atom is -0.395 e. The molecule has 7 heavy (non-hydrogen) atoms. The Kier molecular flexibility index (Phi) is 1.91. The molecule has 0 atom stereocenters. The summed E-state index contributed by atoms with van der Waals surface area (Å²) >= 11 is 0. The maximum absolute atomic E-state index is 9.96. The largest absolute Gasteiger partial charge is 0.395 e. The summed E-state index contributed by atoms with van der Waals surface area (Å²) in [4.78, 5) is 9.96. The van der Waals surface area contributed by atoms with Crippen LogP contribution in [0.3, 0.4) is 0 Å². The van der Waals surface area contributed by atoms with Gasteiger partial charge in [-0.2, -0.15) is 0 Å². The van der Waals surface area contributed by atoms with Gasteiger partial charge in [0.1, 0.15) is 0 Å². The summed E-state index contributed by atoms with van der Waals surface area (Å²) in [5.74, 6) is -0.567. The molecule has 0 saturated carbocycles. The highest BCUT2D eigenvalue weighted by Crippen LogP contribution is 1.75. The Morgan fingerprint density at radius 3 is 2.00 bits per heavy atom. The lowest BCUT2D eigenvalue weighted by molar-refractivity contribution is -0.114. The molecule has 0 aliphatic heterocycles. The first-order chi connectivity index (χ1) is 3.18. The third kappa shape index (κ3) is 1.81. The van der Waals surface area contributed by atoms with E-state index in [1.54, 1.807) is 6.92 Å². The molecule has 0 aromatic carbocycles. The number of primary amides is 1. The van der Waals surface area contributed by atoms with Crippen molar-refractivity contribution in [3.63, 3.8) is 0 Å². The molecule has 1 amide bonds. The minimum atomic E-state index is -0.567. The Hall–Kier alpha value is -0.990. The molecule has 4 N–H and O–H groups in total. The van der Waals surface area contributed by atoms with E-state index < -0.39 is 5.91 Å². The molecule has 0 aliphatic rings. The summed E-state index contributed by atoms with van der Waals surface area (Å²) in [6.45, 7) is 1.65. The average Bonchev–Trinajstić information content (AvgIpc) is 1.65. The molecule has 0 saturated heterocycles. The third-order valence-corrected chi connectivity index (χ3v) is 0.596. The van der Waals surface area contributed by atoms with Crippen molar-refractivity contribution >= 4 is 5.91 Å². The van der Waals surface area contributed by atoms with Crippen LogP contribution in [0.5, 0.6) is 0 Å². The molecule has 0 unspecified atom stereocenters. The molecule has 0 aliphatic carbocycles. The van der Waals surface area contributed by atoms with Gasteiger partial charge in [0.2, 0.25) is 0 Å². The molecule has 3 nitrogen and oxygen atoms in total. The molecule has 0 rings (SSSR count). The number of rotatable bonds is 1. The van der Waals surface area contributed by atoms with Crippen molar-refractivity contribution in [2.24, 2.45) is 11.5 Å². The summed E-state index contributed by atoms with van der Waals surface area (Å²) in [7, 11) is 0. The Balaban J connectivity index is 3.82. The van der Waals surface area contributed by atoms with Crippen LogP contribution in [0.2, 0.25) is 0 Å². The van der Waals surface area contributed by atoms with Crippen molar-refractivity contribution in [3.8, 4) is 0 Å². The monoisotopic (exact) mass is 100 g/mol. The van der Waals surface area contributed by atoms with Gasteiger partial charge in [0.05, 0.1) is 5.70 Å². The van der Waals surface area contributed by atoms with E-state index in [-0.39, 0.29) is 5.70 Å². The third-order valence-electron chi connectivity index (χ3n) is 0.596. The van der Waals surface area contributed by atoms with Gasteiger partial charge in [-0.1, -0.05) is 6.08 Å². The Bertz CT molecular complexity index is 106. The number of carbonyl (C=O) groups excluding carboxylic acids is 1. The molecule has 0 aromatic rings. The van der Waals surface area contributed by atoms with E-state index in [0.29, 0.717) is 0 Å². The second-order valence-electron chi connectivity index (χ2n) is 1.11. The van der Waals surface area contributed by atoms with E-state index in [1.165, 1.54) is 6.08 Å². The van der Waals surface area contributed by atoms with E-state index in [0.717, 1.165) is 0 Å².